The van der Waals surface area contributed by atoms with E-state index < -0.39 is 12.1 Å². The number of aromatic nitrogens is 1. The van der Waals surface area contributed by atoms with Crippen LogP contribution in [0, 0.1) is 0 Å². The van der Waals surface area contributed by atoms with Crippen molar-refractivity contribution in [3.05, 3.63) is 46.0 Å². The number of carboxylic acid groups (broad SMARTS) is 1. The van der Waals surface area contributed by atoms with Gasteiger partial charge in [-0.1, -0.05) is 11.6 Å². The average Bonchev–Trinajstić information content (AvgIpc) is 2.43. The normalized spacial score (nSPS) is 11.8. The van der Waals surface area contributed by atoms with Gasteiger partial charge in [0.1, 0.15) is 16.5 Å². The van der Waals surface area contributed by atoms with E-state index >= 15 is 0 Å². The zero-order valence-electron chi connectivity index (χ0n) is 10.9. The minimum Gasteiger partial charge on any atom is -0.479 e. The van der Waals surface area contributed by atoms with Crippen LogP contribution in [0.4, 0.5) is 0 Å². The molecule has 2 aromatic rings. The van der Waals surface area contributed by atoms with Crippen LogP contribution < -0.4 is 9.47 Å². The second-order valence-corrected chi connectivity index (χ2v) is 5.44. The minimum absolute atomic E-state index is 0.285. The third-order valence-electron chi connectivity index (χ3n) is 2.47. The van der Waals surface area contributed by atoms with Crippen LogP contribution >= 0.6 is 27.5 Å². The van der Waals surface area contributed by atoms with Gasteiger partial charge >= 0.3 is 5.97 Å². The SMILES string of the molecule is C[C@@H](Oc1ccc(Oc2ncc(Br)cc2Cl)cc1)C(=O)O. The van der Waals surface area contributed by atoms with Crippen LogP contribution in [0.25, 0.3) is 0 Å². The summed E-state index contributed by atoms with van der Waals surface area (Å²) in [7, 11) is 0. The molecule has 21 heavy (non-hydrogen) atoms. The second-order valence-electron chi connectivity index (χ2n) is 4.11. The summed E-state index contributed by atoms with van der Waals surface area (Å²) in [5, 5.41) is 9.15. The summed E-state index contributed by atoms with van der Waals surface area (Å²) in [6.07, 6.45) is 0.659. The van der Waals surface area contributed by atoms with Gasteiger partial charge in [-0.2, -0.15) is 0 Å². The molecule has 1 N–H and O–H groups in total. The molecule has 0 saturated heterocycles. The fraction of sp³-hybridized carbons (Fsp3) is 0.143. The molecule has 0 saturated carbocycles. The number of rotatable bonds is 5. The highest BCUT2D eigenvalue weighted by Gasteiger charge is 2.12. The topological polar surface area (TPSA) is 68.7 Å². The smallest absolute Gasteiger partial charge is 0.344 e. The van der Waals surface area contributed by atoms with Crippen molar-refractivity contribution in [1.82, 2.24) is 4.98 Å². The highest BCUT2D eigenvalue weighted by molar-refractivity contribution is 9.10. The van der Waals surface area contributed by atoms with Gasteiger partial charge in [-0.05, 0) is 53.2 Å². The van der Waals surface area contributed by atoms with Crippen LogP contribution in [0.2, 0.25) is 5.02 Å². The van der Waals surface area contributed by atoms with E-state index in [-0.39, 0.29) is 5.88 Å². The number of pyridine rings is 1. The van der Waals surface area contributed by atoms with Crippen molar-refractivity contribution in [2.24, 2.45) is 0 Å². The van der Waals surface area contributed by atoms with Gasteiger partial charge in [-0.3, -0.25) is 0 Å². The Kier molecular flexibility index (Phi) is 5.03. The number of carboxylic acids is 1. The molecule has 1 aromatic carbocycles. The molecule has 0 radical (unpaired) electrons. The second kappa shape index (κ2) is 6.78. The van der Waals surface area contributed by atoms with Crippen LogP contribution in [0.5, 0.6) is 17.4 Å². The number of ether oxygens (including phenoxy) is 2. The largest absolute Gasteiger partial charge is 0.479 e. The lowest BCUT2D eigenvalue weighted by Gasteiger charge is -2.11. The first-order valence-corrected chi connectivity index (χ1v) is 7.11. The fourth-order valence-corrected chi connectivity index (χ4v) is 2.10. The summed E-state index contributed by atoms with van der Waals surface area (Å²) in [6, 6.07) is 8.19. The highest BCUT2D eigenvalue weighted by Crippen LogP contribution is 2.30. The quantitative estimate of drug-likeness (QED) is 0.854. The number of hydrogen-bond acceptors (Lipinski definition) is 4. The van der Waals surface area contributed by atoms with Gasteiger partial charge in [0.25, 0.3) is 0 Å². The Morgan fingerprint density at radius 2 is 1.95 bits per heavy atom. The van der Waals surface area contributed by atoms with Gasteiger partial charge in [-0.15, -0.1) is 0 Å². The molecule has 0 aliphatic carbocycles. The molecule has 0 aliphatic heterocycles. The third kappa shape index (κ3) is 4.34. The summed E-state index contributed by atoms with van der Waals surface area (Å²) in [5.74, 6) is 0.211. The van der Waals surface area contributed by atoms with Gasteiger partial charge in [0.15, 0.2) is 6.10 Å². The molecule has 0 aliphatic rings. The standard InChI is InChI=1S/C14H11BrClNO4/c1-8(14(18)19)20-10-2-4-11(5-3-10)21-13-12(16)6-9(15)7-17-13/h2-8H,1H3,(H,18,19)/t8-/m1/s1. The molecule has 5 nitrogen and oxygen atoms in total. The first-order valence-electron chi connectivity index (χ1n) is 5.94. The van der Waals surface area contributed by atoms with E-state index in [0.717, 1.165) is 4.47 Å². The number of halogens is 2. The van der Waals surface area contributed by atoms with E-state index in [1.165, 1.54) is 6.92 Å². The molecule has 7 heteroatoms. The number of hydrogen-bond donors (Lipinski definition) is 1. The Morgan fingerprint density at radius 3 is 2.52 bits per heavy atom. The van der Waals surface area contributed by atoms with Gasteiger partial charge in [0, 0.05) is 10.7 Å². The lowest BCUT2D eigenvalue weighted by atomic mass is 10.3. The van der Waals surface area contributed by atoms with Gasteiger partial charge < -0.3 is 14.6 Å². The van der Waals surface area contributed by atoms with E-state index in [1.807, 2.05) is 0 Å². The molecule has 1 heterocycles. The summed E-state index contributed by atoms with van der Waals surface area (Å²) >= 11 is 9.27. The maximum Gasteiger partial charge on any atom is 0.344 e. The predicted octanol–water partition coefficient (Wildman–Crippen LogP) is 4.14. The molecule has 0 unspecified atom stereocenters. The Labute approximate surface area is 134 Å². The summed E-state index contributed by atoms with van der Waals surface area (Å²) in [4.78, 5) is 14.8. The molecular weight excluding hydrogens is 362 g/mol. The van der Waals surface area contributed by atoms with E-state index in [4.69, 9.17) is 26.2 Å². The van der Waals surface area contributed by atoms with E-state index in [2.05, 4.69) is 20.9 Å². The predicted molar refractivity (Wildman–Crippen MR) is 81.2 cm³/mol. The van der Waals surface area contributed by atoms with Crippen molar-refractivity contribution in [3.8, 4) is 17.4 Å². The van der Waals surface area contributed by atoms with E-state index in [1.54, 1.807) is 36.5 Å². The Hall–Kier alpha value is -1.79. The molecule has 0 amide bonds. The van der Waals surface area contributed by atoms with E-state index in [0.29, 0.717) is 16.5 Å². The first-order chi connectivity index (χ1) is 9.95. The highest BCUT2D eigenvalue weighted by atomic mass is 79.9. The summed E-state index contributed by atoms with van der Waals surface area (Å²) in [5.41, 5.74) is 0. The van der Waals surface area contributed by atoms with Crippen molar-refractivity contribution in [2.75, 3.05) is 0 Å². The molecule has 0 fully saturated rings. The number of carbonyl (C=O) groups is 1. The number of benzene rings is 1. The van der Waals surface area contributed by atoms with Crippen molar-refractivity contribution < 1.29 is 19.4 Å². The molecule has 0 bridgehead atoms. The van der Waals surface area contributed by atoms with E-state index in [9.17, 15) is 4.79 Å². The zero-order chi connectivity index (χ0) is 15.4. The Bertz CT molecular complexity index is 648. The molecule has 110 valence electrons. The fourth-order valence-electron chi connectivity index (χ4n) is 1.43. The summed E-state index contributed by atoms with van der Waals surface area (Å²) in [6.45, 7) is 1.46. The Balaban J connectivity index is 2.07. The maximum atomic E-state index is 10.7. The van der Waals surface area contributed by atoms with Crippen LogP contribution in [0.15, 0.2) is 41.0 Å². The van der Waals surface area contributed by atoms with Crippen LogP contribution in [-0.4, -0.2) is 22.2 Å². The third-order valence-corrected chi connectivity index (χ3v) is 3.18. The van der Waals surface area contributed by atoms with Crippen LogP contribution in [-0.2, 0) is 4.79 Å². The molecular formula is C14H11BrClNO4. The monoisotopic (exact) mass is 371 g/mol. The summed E-state index contributed by atoms with van der Waals surface area (Å²) < 4.78 is 11.5. The van der Waals surface area contributed by atoms with Crippen molar-refractivity contribution in [3.63, 3.8) is 0 Å². The zero-order valence-corrected chi connectivity index (χ0v) is 13.3. The van der Waals surface area contributed by atoms with Gasteiger partial charge in [0.2, 0.25) is 5.88 Å². The van der Waals surface area contributed by atoms with Gasteiger partial charge in [-0.25, -0.2) is 9.78 Å². The van der Waals surface area contributed by atoms with Crippen molar-refractivity contribution >= 4 is 33.5 Å². The molecule has 1 atom stereocenters. The lowest BCUT2D eigenvalue weighted by Crippen LogP contribution is -2.22. The number of nitrogens with zero attached hydrogens (tertiary/aromatic N) is 1. The lowest BCUT2D eigenvalue weighted by molar-refractivity contribution is -0.144. The minimum atomic E-state index is -1.03. The van der Waals surface area contributed by atoms with Crippen molar-refractivity contribution in [1.29, 1.82) is 0 Å². The molecule has 1 aromatic heterocycles. The number of aliphatic carboxylic acids is 1. The van der Waals surface area contributed by atoms with Crippen LogP contribution in [0.3, 0.4) is 0 Å². The Morgan fingerprint density at radius 1 is 1.33 bits per heavy atom. The first kappa shape index (κ1) is 15.6. The molecule has 0 spiro atoms. The van der Waals surface area contributed by atoms with Crippen molar-refractivity contribution in [2.45, 2.75) is 13.0 Å². The van der Waals surface area contributed by atoms with Crippen LogP contribution in [0.1, 0.15) is 6.92 Å². The maximum absolute atomic E-state index is 10.7. The molecule has 2 rings (SSSR count). The van der Waals surface area contributed by atoms with Gasteiger partial charge in [0.05, 0.1) is 0 Å². The average molecular weight is 373 g/mol.